The number of thioether (sulfide) groups is 1. The van der Waals surface area contributed by atoms with Crippen molar-refractivity contribution in [2.45, 2.75) is 24.2 Å². The molecule has 0 aliphatic carbocycles. The summed E-state index contributed by atoms with van der Waals surface area (Å²) in [6, 6.07) is 19.0. The van der Waals surface area contributed by atoms with Crippen LogP contribution in [0, 0.1) is 6.92 Å². The SMILES string of the molecule is Cc1c(SCc2noc(-c3ccccc3)n2)n(C)c(=O)n(Cc2ccccc2)c1=O. The zero-order valence-corrected chi connectivity index (χ0v) is 17.4. The summed E-state index contributed by atoms with van der Waals surface area (Å²) in [4.78, 5) is 30.1. The van der Waals surface area contributed by atoms with Crippen LogP contribution in [0.3, 0.4) is 0 Å². The van der Waals surface area contributed by atoms with Crippen LogP contribution in [-0.2, 0) is 19.3 Å². The Hall–Kier alpha value is -3.39. The number of aromatic nitrogens is 4. The third-order valence-electron chi connectivity index (χ3n) is 4.72. The van der Waals surface area contributed by atoms with E-state index in [4.69, 9.17) is 4.52 Å². The summed E-state index contributed by atoms with van der Waals surface area (Å²) in [5.74, 6) is 1.32. The maximum absolute atomic E-state index is 12.9. The second-order valence-corrected chi connectivity index (χ2v) is 7.78. The van der Waals surface area contributed by atoms with Gasteiger partial charge in [0, 0.05) is 18.2 Å². The molecule has 2 aromatic heterocycles. The van der Waals surface area contributed by atoms with Gasteiger partial charge < -0.3 is 4.52 Å². The Bertz CT molecular complexity index is 1240. The summed E-state index contributed by atoms with van der Waals surface area (Å²) < 4.78 is 8.09. The highest BCUT2D eigenvalue weighted by Gasteiger charge is 2.16. The van der Waals surface area contributed by atoms with Gasteiger partial charge in [-0.3, -0.25) is 13.9 Å². The lowest BCUT2D eigenvalue weighted by atomic mass is 10.2. The summed E-state index contributed by atoms with van der Waals surface area (Å²) >= 11 is 1.34. The minimum absolute atomic E-state index is 0.239. The molecular weight excluding hydrogens is 400 g/mol. The molecule has 4 aromatic rings. The maximum Gasteiger partial charge on any atom is 0.331 e. The van der Waals surface area contributed by atoms with Gasteiger partial charge in [-0.05, 0) is 24.6 Å². The van der Waals surface area contributed by atoms with E-state index in [9.17, 15) is 9.59 Å². The lowest BCUT2D eigenvalue weighted by molar-refractivity contribution is 0.425. The van der Waals surface area contributed by atoms with Crippen molar-refractivity contribution in [1.29, 1.82) is 0 Å². The van der Waals surface area contributed by atoms with Gasteiger partial charge in [0.1, 0.15) is 0 Å². The van der Waals surface area contributed by atoms with Gasteiger partial charge in [0.05, 0.1) is 17.3 Å². The van der Waals surface area contributed by atoms with Gasteiger partial charge in [-0.1, -0.05) is 65.4 Å². The largest absolute Gasteiger partial charge is 0.334 e. The monoisotopic (exact) mass is 420 g/mol. The highest BCUT2D eigenvalue weighted by Crippen LogP contribution is 2.24. The average Bonchev–Trinajstić information content (AvgIpc) is 3.26. The first-order valence-corrected chi connectivity index (χ1v) is 10.4. The van der Waals surface area contributed by atoms with E-state index in [1.54, 1.807) is 14.0 Å². The average molecular weight is 420 g/mol. The lowest BCUT2D eigenvalue weighted by Gasteiger charge is -2.14. The van der Waals surface area contributed by atoms with Crippen molar-refractivity contribution in [2.75, 3.05) is 0 Å². The first-order valence-electron chi connectivity index (χ1n) is 9.39. The number of hydrogen-bond donors (Lipinski definition) is 0. The molecule has 0 unspecified atom stereocenters. The van der Waals surface area contributed by atoms with Crippen LogP contribution in [-0.4, -0.2) is 19.3 Å². The molecule has 0 fully saturated rings. The first-order chi connectivity index (χ1) is 14.5. The maximum atomic E-state index is 12.9. The topological polar surface area (TPSA) is 82.9 Å². The molecule has 8 heteroatoms. The van der Waals surface area contributed by atoms with Crippen LogP contribution < -0.4 is 11.2 Å². The van der Waals surface area contributed by atoms with E-state index in [0.717, 1.165) is 11.1 Å². The second kappa shape index (κ2) is 8.54. The predicted molar refractivity (Wildman–Crippen MR) is 116 cm³/mol. The molecule has 0 radical (unpaired) electrons. The Labute approximate surface area is 177 Å². The molecule has 0 aliphatic heterocycles. The minimum atomic E-state index is -0.352. The van der Waals surface area contributed by atoms with E-state index in [1.165, 1.54) is 20.9 Å². The molecule has 7 nitrogen and oxygen atoms in total. The van der Waals surface area contributed by atoms with Crippen LogP contribution in [0.4, 0.5) is 0 Å². The van der Waals surface area contributed by atoms with Gasteiger partial charge in [-0.25, -0.2) is 4.79 Å². The van der Waals surface area contributed by atoms with E-state index >= 15 is 0 Å². The molecule has 0 amide bonds. The van der Waals surface area contributed by atoms with Gasteiger partial charge in [0.2, 0.25) is 0 Å². The summed E-state index contributed by atoms with van der Waals surface area (Å²) in [6.45, 7) is 1.97. The predicted octanol–water partition coefficient (Wildman–Crippen LogP) is 3.25. The number of rotatable bonds is 6. The van der Waals surface area contributed by atoms with E-state index in [-0.39, 0.29) is 17.8 Å². The highest BCUT2D eigenvalue weighted by atomic mass is 32.2. The third kappa shape index (κ3) is 3.99. The molecule has 4 rings (SSSR count). The summed E-state index contributed by atoms with van der Waals surface area (Å²) in [6.07, 6.45) is 0. The third-order valence-corrected chi connectivity index (χ3v) is 5.98. The fraction of sp³-hybridized carbons (Fsp3) is 0.182. The molecule has 0 aliphatic rings. The van der Waals surface area contributed by atoms with Gasteiger partial charge >= 0.3 is 5.69 Å². The second-order valence-electron chi connectivity index (χ2n) is 6.82. The van der Waals surface area contributed by atoms with Crippen LogP contribution in [0.1, 0.15) is 17.0 Å². The molecule has 2 heterocycles. The van der Waals surface area contributed by atoms with Gasteiger partial charge in [0.25, 0.3) is 11.4 Å². The van der Waals surface area contributed by atoms with Crippen molar-refractivity contribution in [3.8, 4) is 11.5 Å². The van der Waals surface area contributed by atoms with Gasteiger partial charge in [-0.15, -0.1) is 0 Å². The van der Waals surface area contributed by atoms with Crippen molar-refractivity contribution in [2.24, 2.45) is 7.05 Å². The molecule has 0 saturated carbocycles. The number of nitrogens with zero attached hydrogens (tertiary/aromatic N) is 4. The quantitative estimate of drug-likeness (QED) is 0.352. The van der Waals surface area contributed by atoms with Crippen LogP contribution in [0.15, 0.2) is 79.8 Å². The molecule has 152 valence electrons. The number of benzene rings is 2. The zero-order valence-electron chi connectivity index (χ0n) is 16.6. The van der Waals surface area contributed by atoms with E-state index < -0.39 is 0 Å². The van der Waals surface area contributed by atoms with Crippen LogP contribution in [0.5, 0.6) is 0 Å². The summed E-state index contributed by atoms with van der Waals surface area (Å²) in [7, 11) is 1.67. The molecule has 0 atom stereocenters. The Kier molecular flexibility index (Phi) is 5.67. The molecule has 0 saturated heterocycles. The van der Waals surface area contributed by atoms with Crippen molar-refractivity contribution in [3.63, 3.8) is 0 Å². The van der Waals surface area contributed by atoms with Crippen molar-refractivity contribution < 1.29 is 4.52 Å². The lowest BCUT2D eigenvalue weighted by Crippen LogP contribution is -2.41. The zero-order chi connectivity index (χ0) is 21.1. The molecular formula is C22H20N4O3S. The Balaban J connectivity index is 1.57. The fourth-order valence-corrected chi connectivity index (χ4v) is 4.11. The fourth-order valence-electron chi connectivity index (χ4n) is 3.15. The van der Waals surface area contributed by atoms with Gasteiger partial charge in [-0.2, -0.15) is 4.98 Å². The highest BCUT2D eigenvalue weighted by molar-refractivity contribution is 7.98. The van der Waals surface area contributed by atoms with E-state index in [0.29, 0.717) is 28.1 Å². The normalized spacial score (nSPS) is 11.0. The van der Waals surface area contributed by atoms with Crippen LogP contribution >= 0.6 is 11.8 Å². The molecule has 0 N–H and O–H groups in total. The summed E-state index contributed by atoms with van der Waals surface area (Å²) in [5.41, 5.74) is 1.62. The molecule has 30 heavy (non-hydrogen) atoms. The van der Waals surface area contributed by atoms with Crippen molar-refractivity contribution >= 4 is 11.8 Å². The summed E-state index contributed by atoms with van der Waals surface area (Å²) in [5, 5.41) is 4.61. The van der Waals surface area contributed by atoms with E-state index in [2.05, 4.69) is 10.1 Å². The Morgan fingerprint density at radius 3 is 2.37 bits per heavy atom. The van der Waals surface area contributed by atoms with Crippen LogP contribution in [0.25, 0.3) is 11.5 Å². The van der Waals surface area contributed by atoms with Crippen LogP contribution in [0.2, 0.25) is 0 Å². The van der Waals surface area contributed by atoms with E-state index in [1.807, 2.05) is 60.7 Å². The smallest absolute Gasteiger partial charge is 0.331 e. The Morgan fingerprint density at radius 2 is 1.67 bits per heavy atom. The van der Waals surface area contributed by atoms with Gasteiger partial charge in [0.15, 0.2) is 5.82 Å². The molecule has 0 spiro atoms. The minimum Gasteiger partial charge on any atom is -0.334 e. The first kappa shape index (κ1) is 19.9. The molecule has 0 bridgehead atoms. The molecule has 2 aromatic carbocycles. The Morgan fingerprint density at radius 1 is 1.00 bits per heavy atom. The van der Waals surface area contributed by atoms with Crippen molar-refractivity contribution in [1.82, 2.24) is 19.3 Å². The number of hydrogen-bond acceptors (Lipinski definition) is 6. The van der Waals surface area contributed by atoms with Crippen molar-refractivity contribution in [3.05, 3.63) is 98.5 Å². The standard InChI is InChI=1S/C22H20N4O3S/c1-15-20(27)26(13-16-9-5-3-6-10-16)22(28)25(2)21(15)30-14-18-23-19(29-24-18)17-11-7-4-8-12-17/h3-12H,13-14H2,1-2H3.